The van der Waals surface area contributed by atoms with Crippen LogP contribution in [0.4, 0.5) is 11.8 Å². The third-order valence-corrected chi connectivity index (χ3v) is 4.05. The molecule has 5 nitrogen and oxygen atoms in total. The van der Waals surface area contributed by atoms with Crippen LogP contribution >= 0.6 is 11.6 Å². The van der Waals surface area contributed by atoms with Gasteiger partial charge in [-0.2, -0.15) is 4.98 Å². The molecule has 0 amide bonds. The highest BCUT2D eigenvalue weighted by atomic mass is 35.5. The van der Waals surface area contributed by atoms with Crippen LogP contribution in [0, 0.1) is 0 Å². The van der Waals surface area contributed by atoms with Crippen LogP contribution in [-0.2, 0) is 0 Å². The summed E-state index contributed by atoms with van der Waals surface area (Å²) in [6, 6.07) is 0. The summed E-state index contributed by atoms with van der Waals surface area (Å²) in [5.74, 6) is 1.18. The summed E-state index contributed by atoms with van der Waals surface area (Å²) in [7, 11) is 0. The Morgan fingerprint density at radius 3 is 2.75 bits per heavy atom. The Labute approximate surface area is 125 Å². The van der Waals surface area contributed by atoms with Crippen molar-refractivity contribution in [3.05, 3.63) is 11.2 Å². The monoisotopic (exact) mass is 298 g/mol. The summed E-state index contributed by atoms with van der Waals surface area (Å²) in [5.41, 5.74) is -0.293. The number of hydrogen-bond acceptors (Lipinski definition) is 5. The molecule has 1 aromatic heterocycles. The predicted molar refractivity (Wildman–Crippen MR) is 82.3 cm³/mol. The number of hydrogen-bond donors (Lipinski definition) is 3. The maximum absolute atomic E-state index is 9.74. The van der Waals surface area contributed by atoms with E-state index in [0.717, 1.165) is 38.6 Å². The van der Waals surface area contributed by atoms with Crippen LogP contribution in [0.1, 0.15) is 45.4 Å². The van der Waals surface area contributed by atoms with E-state index in [1.807, 2.05) is 0 Å². The molecule has 6 heteroatoms. The molecule has 0 atom stereocenters. The lowest BCUT2D eigenvalue weighted by atomic mass is 9.82. The van der Waals surface area contributed by atoms with Gasteiger partial charge in [-0.15, -0.1) is 0 Å². The third kappa shape index (κ3) is 3.73. The molecule has 0 bridgehead atoms. The molecule has 1 aliphatic carbocycles. The van der Waals surface area contributed by atoms with Gasteiger partial charge in [-0.1, -0.05) is 37.8 Å². The molecule has 3 N–H and O–H groups in total. The Kier molecular flexibility index (Phi) is 5.43. The van der Waals surface area contributed by atoms with E-state index < -0.39 is 0 Å². The van der Waals surface area contributed by atoms with Crippen molar-refractivity contribution in [2.75, 3.05) is 23.8 Å². The molecule has 0 aliphatic heterocycles. The molecule has 0 aromatic carbocycles. The number of aliphatic hydroxyl groups is 1. The van der Waals surface area contributed by atoms with Crippen molar-refractivity contribution < 1.29 is 5.11 Å². The molecule has 0 saturated heterocycles. The Morgan fingerprint density at radius 2 is 2.10 bits per heavy atom. The second-order valence-corrected chi connectivity index (χ2v) is 5.85. The van der Waals surface area contributed by atoms with Gasteiger partial charge in [-0.3, -0.25) is 0 Å². The fourth-order valence-corrected chi connectivity index (χ4v) is 2.72. The average molecular weight is 299 g/mol. The van der Waals surface area contributed by atoms with Crippen molar-refractivity contribution in [1.82, 2.24) is 9.97 Å². The SMILES string of the molecule is CCCNc1ncc(Cl)c(NC2(CO)CCCCC2)n1. The van der Waals surface area contributed by atoms with E-state index in [0.29, 0.717) is 16.8 Å². The normalized spacial score (nSPS) is 17.8. The van der Waals surface area contributed by atoms with Gasteiger partial charge in [0.05, 0.1) is 18.3 Å². The first-order valence-corrected chi connectivity index (χ1v) is 7.72. The van der Waals surface area contributed by atoms with Crippen LogP contribution in [0.15, 0.2) is 6.20 Å². The van der Waals surface area contributed by atoms with Crippen LogP contribution < -0.4 is 10.6 Å². The number of nitrogens with zero attached hydrogens (tertiary/aromatic N) is 2. The summed E-state index contributed by atoms with van der Waals surface area (Å²) in [6.45, 7) is 3.02. The molecule has 1 aromatic rings. The van der Waals surface area contributed by atoms with E-state index in [-0.39, 0.29) is 12.1 Å². The molecular weight excluding hydrogens is 276 g/mol. The third-order valence-electron chi connectivity index (χ3n) is 3.77. The minimum atomic E-state index is -0.293. The quantitative estimate of drug-likeness (QED) is 0.753. The average Bonchev–Trinajstić information content (AvgIpc) is 2.49. The Morgan fingerprint density at radius 1 is 1.35 bits per heavy atom. The number of rotatable bonds is 6. The maximum Gasteiger partial charge on any atom is 0.224 e. The van der Waals surface area contributed by atoms with E-state index in [4.69, 9.17) is 11.6 Å². The van der Waals surface area contributed by atoms with Crippen molar-refractivity contribution in [2.45, 2.75) is 51.0 Å². The van der Waals surface area contributed by atoms with Gasteiger partial charge in [0, 0.05) is 6.54 Å². The van der Waals surface area contributed by atoms with Crippen LogP contribution in [0.2, 0.25) is 5.02 Å². The second-order valence-electron chi connectivity index (χ2n) is 5.44. The largest absolute Gasteiger partial charge is 0.394 e. The topological polar surface area (TPSA) is 70.1 Å². The molecule has 20 heavy (non-hydrogen) atoms. The van der Waals surface area contributed by atoms with Gasteiger partial charge in [0.25, 0.3) is 0 Å². The van der Waals surface area contributed by atoms with Gasteiger partial charge in [-0.05, 0) is 19.3 Å². The van der Waals surface area contributed by atoms with Gasteiger partial charge >= 0.3 is 0 Å². The number of nitrogens with one attached hydrogen (secondary N) is 2. The van der Waals surface area contributed by atoms with Gasteiger partial charge in [0.2, 0.25) is 5.95 Å². The molecule has 0 radical (unpaired) electrons. The van der Waals surface area contributed by atoms with Crippen molar-refractivity contribution in [3.63, 3.8) is 0 Å². The van der Waals surface area contributed by atoms with Gasteiger partial charge in [0.1, 0.15) is 5.02 Å². The van der Waals surface area contributed by atoms with Gasteiger partial charge in [-0.25, -0.2) is 4.98 Å². The minimum absolute atomic E-state index is 0.102. The molecule has 1 saturated carbocycles. The summed E-state index contributed by atoms with van der Waals surface area (Å²) in [6.07, 6.45) is 7.97. The number of anilines is 2. The first-order chi connectivity index (χ1) is 9.69. The lowest BCUT2D eigenvalue weighted by Gasteiger charge is -2.37. The Hall–Kier alpha value is -1.07. The minimum Gasteiger partial charge on any atom is -0.394 e. The molecule has 1 heterocycles. The highest BCUT2D eigenvalue weighted by Gasteiger charge is 2.32. The van der Waals surface area contributed by atoms with E-state index in [1.165, 1.54) is 6.42 Å². The number of aromatic nitrogens is 2. The Balaban J connectivity index is 2.13. The summed E-state index contributed by atoms with van der Waals surface area (Å²) >= 11 is 6.17. The van der Waals surface area contributed by atoms with Crippen molar-refractivity contribution in [1.29, 1.82) is 0 Å². The van der Waals surface area contributed by atoms with Crippen LogP contribution in [-0.4, -0.2) is 33.8 Å². The van der Waals surface area contributed by atoms with Crippen molar-refractivity contribution in [2.24, 2.45) is 0 Å². The van der Waals surface area contributed by atoms with Crippen LogP contribution in [0.5, 0.6) is 0 Å². The zero-order valence-electron chi connectivity index (χ0n) is 12.0. The van der Waals surface area contributed by atoms with Gasteiger partial charge < -0.3 is 15.7 Å². The summed E-state index contributed by atoms with van der Waals surface area (Å²) < 4.78 is 0. The summed E-state index contributed by atoms with van der Waals surface area (Å²) in [5, 5.41) is 16.7. The highest BCUT2D eigenvalue weighted by Crippen LogP contribution is 2.33. The number of aliphatic hydroxyl groups excluding tert-OH is 1. The summed E-state index contributed by atoms with van der Waals surface area (Å²) in [4.78, 5) is 8.58. The first kappa shape index (κ1) is 15.3. The molecule has 0 unspecified atom stereocenters. The van der Waals surface area contributed by atoms with E-state index in [1.54, 1.807) is 6.20 Å². The van der Waals surface area contributed by atoms with E-state index in [2.05, 4.69) is 27.5 Å². The first-order valence-electron chi connectivity index (χ1n) is 7.34. The zero-order valence-corrected chi connectivity index (χ0v) is 12.7. The van der Waals surface area contributed by atoms with Crippen molar-refractivity contribution >= 4 is 23.4 Å². The maximum atomic E-state index is 9.74. The lowest BCUT2D eigenvalue weighted by molar-refractivity contribution is 0.172. The molecule has 1 fully saturated rings. The fourth-order valence-electron chi connectivity index (χ4n) is 2.58. The smallest absolute Gasteiger partial charge is 0.224 e. The van der Waals surface area contributed by atoms with Crippen LogP contribution in [0.3, 0.4) is 0 Å². The van der Waals surface area contributed by atoms with Crippen LogP contribution in [0.25, 0.3) is 0 Å². The zero-order chi connectivity index (χ0) is 14.4. The predicted octanol–water partition coefficient (Wildman–Crippen LogP) is 3.06. The lowest BCUT2D eigenvalue weighted by Crippen LogP contribution is -2.44. The molecule has 2 rings (SSSR count). The van der Waals surface area contributed by atoms with E-state index in [9.17, 15) is 5.11 Å². The standard InChI is InChI=1S/C14H23ClN4O/c1-2-8-16-13-17-9-11(15)12(18-13)19-14(10-20)6-4-3-5-7-14/h9,20H,2-8,10H2,1H3,(H2,16,17,18,19). The highest BCUT2D eigenvalue weighted by molar-refractivity contribution is 6.32. The molecular formula is C14H23ClN4O. The van der Waals surface area contributed by atoms with Crippen molar-refractivity contribution in [3.8, 4) is 0 Å². The molecule has 0 spiro atoms. The molecule has 112 valence electrons. The number of halogens is 1. The fraction of sp³-hybridized carbons (Fsp3) is 0.714. The second kappa shape index (κ2) is 7.09. The van der Waals surface area contributed by atoms with Gasteiger partial charge in [0.15, 0.2) is 5.82 Å². The van der Waals surface area contributed by atoms with E-state index >= 15 is 0 Å². The molecule has 1 aliphatic rings. The Bertz CT molecular complexity index is 435.